The van der Waals surface area contributed by atoms with Crippen LogP contribution in [0.1, 0.15) is 16.7 Å². The van der Waals surface area contributed by atoms with Gasteiger partial charge >= 0.3 is 0 Å². The van der Waals surface area contributed by atoms with E-state index in [1.807, 2.05) is 43.3 Å². The Kier molecular flexibility index (Phi) is 3.58. The molecule has 2 rings (SSSR count). The Bertz CT molecular complexity index is 629. The molecule has 0 saturated heterocycles. The standard InChI is InChI=1S/C14H14N2OS/c1-10-3-2-8-16(14(10)17)9-11-4-6-12(7-5-11)13(15)18/h2-8H,9H2,1H3,(H2,15,18). The van der Waals surface area contributed by atoms with Crippen molar-refractivity contribution < 1.29 is 0 Å². The van der Waals surface area contributed by atoms with E-state index < -0.39 is 0 Å². The molecule has 2 N–H and O–H groups in total. The lowest BCUT2D eigenvalue weighted by Gasteiger charge is -2.07. The smallest absolute Gasteiger partial charge is 0.253 e. The summed E-state index contributed by atoms with van der Waals surface area (Å²) in [6.45, 7) is 2.37. The Morgan fingerprint density at radius 1 is 1.28 bits per heavy atom. The number of pyridine rings is 1. The second-order valence-corrected chi connectivity index (χ2v) is 4.63. The Morgan fingerprint density at radius 3 is 2.56 bits per heavy atom. The fraction of sp³-hybridized carbons (Fsp3) is 0.143. The van der Waals surface area contributed by atoms with E-state index in [2.05, 4.69) is 0 Å². The molecule has 0 amide bonds. The second kappa shape index (κ2) is 5.14. The number of hydrogen-bond acceptors (Lipinski definition) is 2. The van der Waals surface area contributed by atoms with Crippen LogP contribution in [-0.2, 0) is 6.54 Å². The fourth-order valence-corrected chi connectivity index (χ4v) is 1.89. The highest BCUT2D eigenvalue weighted by molar-refractivity contribution is 7.80. The molecule has 1 heterocycles. The van der Waals surface area contributed by atoms with E-state index in [-0.39, 0.29) is 5.56 Å². The zero-order chi connectivity index (χ0) is 13.1. The van der Waals surface area contributed by atoms with Crippen LogP contribution in [-0.4, -0.2) is 9.56 Å². The van der Waals surface area contributed by atoms with E-state index in [1.165, 1.54) is 0 Å². The van der Waals surface area contributed by atoms with E-state index in [0.29, 0.717) is 11.5 Å². The molecule has 0 unspecified atom stereocenters. The van der Waals surface area contributed by atoms with Crippen molar-refractivity contribution in [2.75, 3.05) is 0 Å². The largest absolute Gasteiger partial charge is 0.389 e. The summed E-state index contributed by atoms with van der Waals surface area (Å²) in [6, 6.07) is 11.3. The van der Waals surface area contributed by atoms with Crippen molar-refractivity contribution in [3.05, 3.63) is 69.6 Å². The van der Waals surface area contributed by atoms with Gasteiger partial charge in [0.1, 0.15) is 4.99 Å². The highest BCUT2D eigenvalue weighted by Crippen LogP contribution is 2.05. The number of nitrogens with two attached hydrogens (primary N) is 1. The van der Waals surface area contributed by atoms with Gasteiger partial charge in [0.05, 0.1) is 6.54 Å². The van der Waals surface area contributed by atoms with Gasteiger partial charge in [0.2, 0.25) is 0 Å². The summed E-state index contributed by atoms with van der Waals surface area (Å²) in [7, 11) is 0. The molecular weight excluding hydrogens is 244 g/mol. The molecule has 0 saturated carbocycles. The fourth-order valence-electron chi connectivity index (χ4n) is 1.75. The van der Waals surface area contributed by atoms with Crippen molar-refractivity contribution >= 4 is 17.2 Å². The molecule has 1 aromatic carbocycles. The molecule has 0 fully saturated rings. The number of thiocarbonyl (C=S) groups is 1. The number of benzene rings is 1. The predicted octanol–water partition coefficient (Wildman–Crippen LogP) is 1.84. The Hall–Kier alpha value is -1.94. The number of rotatable bonds is 3. The summed E-state index contributed by atoms with van der Waals surface area (Å²) in [6.07, 6.45) is 1.79. The normalized spacial score (nSPS) is 10.3. The van der Waals surface area contributed by atoms with Crippen LogP contribution in [0.2, 0.25) is 0 Å². The highest BCUT2D eigenvalue weighted by Gasteiger charge is 2.01. The van der Waals surface area contributed by atoms with Gasteiger partial charge in [-0.3, -0.25) is 4.79 Å². The molecule has 0 spiro atoms. The van der Waals surface area contributed by atoms with Gasteiger partial charge in [0, 0.05) is 17.3 Å². The van der Waals surface area contributed by atoms with Crippen molar-refractivity contribution in [2.24, 2.45) is 5.73 Å². The maximum atomic E-state index is 11.9. The van der Waals surface area contributed by atoms with Crippen LogP contribution in [0.5, 0.6) is 0 Å². The molecule has 0 radical (unpaired) electrons. The summed E-state index contributed by atoms with van der Waals surface area (Å²) in [5, 5.41) is 0. The third kappa shape index (κ3) is 2.65. The molecule has 0 bridgehead atoms. The van der Waals surface area contributed by atoms with Gasteiger partial charge in [0.25, 0.3) is 5.56 Å². The molecule has 0 atom stereocenters. The van der Waals surface area contributed by atoms with E-state index in [1.54, 1.807) is 10.8 Å². The third-order valence-electron chi connectivity index (χ3n) is 2.80. The topological polar surface area (TPSA) is 48.0 Å². The number of nitrogens with zero attached hydrogens (tertiary/aromatic N) is 1. The second-order valence-electron chi connectivity index (χ2n) is 4.19. The van der Waals surface area contributed by atoms with Gasteiger partial charge in [0.15, 0.2) is 0 Å². The van der Waals surface area contributed by atoms with Crippen LogP contribution in [0.3, 0.4) is 0 Å². The first-order chi connectivity index (χ1) is 8.58. The maximum Gasteiger partial charge on any atom is 0.253 e. The van der Waals surface area contributed by atoms with E-state index in [0.717, 1.165) is 16.7 Å². The molecule has 2 aromatic rings. The van der Waals surface area contributed by atoms with Crippen LogP contribution in [0.25, 0.3) is 0 Å². The first-order valence-electron chi connectivity index (χ1n) is 5.63. The van der Waals surface area contributed by atoms with Gasteiger partial charge in [-0.25, -0.2) is 0 Å². The highest BCUT2D eigenvalue weighted by atomic mass is 32.1. The number of aryl methyl sites for hydroxylation is 1. The lowest BCUT2D eigenvalue weighted by Crippen LogP contribution is -2.21. The summed E-state index contributed by atoms with van der Waals surface area (Å²) in [4.78, 5) is 12.3. The average Bonchev–Trinajstić information content (AvgIpc) is 2.36. The average molecular weight is 258 g/mol. The first-order valence-corrected chi connectivity index (χ1v) is 6.03. The van der Waals surface area contributed by atoms with Gasteiger partial charge in [-0.15, -0.1) is 0 Å². The van der Waals surface area contributed by atoms with Crippen molar-refractivity contribution in [3.63, 3.8) is 0 Å². The lowest BCUT2D eigenvalue weighted by atomic mass is 10.1. The molecule has 0 aliphatic heterocycles. The monoisotopic (exact) mass is 258 g/mol. The zero-order valence-corrected chi connectivity index (χ0v) is 10.9. The van der Waals surface area contributed by atoms with Crippen molar-refractivity contribution in [1.82, 2.24) is 4.57 Å². The Labute approximate surface area is 111 Å². The number of aromatic nitrogens is 1. The molecule has 92 valence electrons. The summed E-state index contributed by atoms with van der Waals surface area (Å²) in [5.74, 6) is 0. The first kappa shape index (κ1) is 12.5. The Morgan fingerprint density at radius 2 is 1.94 bits per heavy atom. The lowest BCUT2D eigenvalue weighted by molar-refractivity contribution is 0.752. The summed E-state index contributed by atoms with van der Waals surface area (Å²) < 4.78 is 1.69. The summed E-state index contributed by atoms with van der Waals surface area (Å²) in [5.41, 5.74) is 8.20. The van der Waals surface area contributed by atoms with Crippen LogP contribution in [0.15, 0.2) is 47.4 Å². The molecular formula is C14H14N2OS. The Balaban J connectivity index is 2.26. The third-order valence-corrected chi connectivity index (χ3v) is 3.04. The molecule has 3 nitrogen and oxygen atoms in total. The van der Waals surface area contributed by atoms with E-state index in [4.69, 9.17) is 18.0 Å². The minimum Gasteiger partial charge on any atom is -0.389 e. The van der Waals surface area contributed by atoms with Crippen molar-refractivity contribution in [2.45, 2.75) is 13.5 Å². The van der Waals surface area contributed by atoms with E-state index in [9.17, 15) is 4.79 Å². The van der Waals surface area contributed by atoms with Crippen LogP contribution in [0.4, 0.5) is 0 Å². The van der Waals surface area contributed by atoms with Crippen molar-refractivity contribution in [1.29, 1.82) is 0 Å². The van der Waals surface area contributed by atoms with Gasteiger partial charge in [-0.05, 0) is 18.6 Å². The number of hydrogen-bond donors (Lipinski definition) is 1. The van der Waals surface area contributed by atoms with Gasteiger partial charge in [-0.2, -0.15) is 0 Å². The van der Waals surface area contributed by atoms with Gasteiger partial charge < -0.3 is 10.3 Å². The molecule has 1 aromatic heterocycles. The van der Waals surface area contributed by atoms with Crippen molar-refractivity contribution in [3.8, 4) is 0 Å². The molecule has 4 heteroatoms. The minimum absolute atomic E-state index is 0.0379. The minimum atomic E-state index is 0.0379. The van der Waals surface area contributed by atoms with Gasteiger partial charge in [-0.1, -0.05) is 42.5 Å². The SMILES string of the molecule is Cc1cccn(Cc2ccc(C(N)=S)cc2)c1=O. The van der Waals surface area contributed by atoms with E-state index >= 15 is 0 Å². The maximum absolute atomic E-state index is 11.9. The van der Waals surface area contributed by atoms with Crippen LogP contribution < -0.4 is 11.3 Å². The van der Waals surface area contributed by atoms with Crippen LogP contribution >= 0.6 is 12.2 Å². The zero-order valence-electron chi connectivity index (χ0n) is 10.1. The molecule has 0 aliphatic rings. The van der Waals surface area contributed by atoms with Crippen LogP contribution in [0, 0.1) is 6.92 Å². The molecule has 0 aliphatic carbocycles. The predicted molar refractivity (Wildman–Crippen MR) is 76.9 cm³/mol. The summed E-state index contributed by atoms with van der Waals surface area (Å²) >= 11 is 4.90. The quantitative estimate of drug-likeness (QED) is 0.855. The molecule has 18 heavy (non-hydrogen) atoms.